The Morgan fingerprint density at radius 3 is 2.65 bits per heavy atom. The Morgan fingerprint density at radius 2 is 2.12 bits per heavy atom. The second-order valence-electron chi connectivity index (χ2n) is 5.35. The molecule has 2 rings (SSSR count). The number of hydrogen-bond donors (Lipinski definition) is 2. The lowest BCUT2D eigenvalue weighted by Gasteiger charge is -2.23. The van der Waals surface area contributed by atoms with Crippen molar-refractivity contribution in [3.05, 3.63) is 29.3 Å². The number of hydrogen-bond acceptors (Lipinski definition) is 2. The molecule has 1 fully saturated rings. The standard InChI is InChI=1S/C14H19NO2/c1-9-4-5-11(13(16)17)8-12(9)15-10(2)14(3)6-7-14/h4-5,8,10,15H,6-7H2,1-3H3,(H,16,17). The van der Waals surface area contributed by atoms with Gasteiger partial charge in [-0.1, -0.05) is 13.0 Å². The molecule has 1 aromatic carbocycles. The highest BCUT2D eigenvalue weighted by Crippen LogP contribution is 2.48. The zero-order valence-corrected chi connectivity index (χ0v) is 10.6. The Labute approximate surface area is 102 Å². The van der Waals surface area contributed by atoms with Crippen LogP contribution in [0.5, 0.6) is 0 Å². The van der Waals surface area contributed by atoms with E-state index in [9.17, 15) is 4.79 Å². The maximum Gasteiger partial charge on any atom is 0.335 e. The van der Waals surface area contributed by atoms with E-state index >= 15 is 0 Å². The molecule has 2 N–H and O–H groups in total. The minimum absolute atomic E-state index is 0.339. The number of rotatable bonds is 4. The van der Waals surface area contributed by atoms with Crippen molar-refractivity contribution in [3.8, 4) is 0 Å². The Morgan fingerprint density at radius 1 is 1.47 bits per heavy atom. The Kier molecular flexibility index (Phi) is 2.86. The third-order valence-electron chi connectivity index (χ3n) is 3.94. The molecule has 1 aromatic rings. The number of benzene rings is 1. The highest BCUT2D eigenvalue weighted by molar-refractivity contribution is 5.89. The predicted molar refractivity (Wildman–Crippen MR) is 68.6 cm³/mol. The zero-order valence-electron chi connectivity index (χ0n) is 10.6. The van der Waals surface area contributed by atoms with Crippen molar-refractivity contribution < 1.29 is 9.90 Å². The minimum atomic E-state index is -0.877. The van der Waals surface area contributed by atoms with Gasteiger partial charge in [-0.05, 0) is 49.8 Å². The Bertz CT molecular complexity index is 450. The van der Waals surface area contributed by atoms with Crippen LogP contribution in [0.15, 0.2) is 18.2 Å². The average Bonchev–Trinajstić information content (AvgIpc) is 3.00. The van der Waals surface area contributed by atoms with E-state index in [0.717, 1.165) is 11.3 Å². The molecule has 0 aliphatic heterocycles. The van der Waals surface area contributed by atoms with E-state index in [4.69, 9.17) is 5.11 Å². The van der Waals surface area contributed by atoms with Crippen molar-refractivity contribution in [2.24, 2.45) is 5.41 Å². The normalized spacial score (nSPS) is 18.5. The predicted octanol–water partition coefficient (Wildman–Crippen LogP) is 3.29. The number of carboxylic acids is 1. The average molecular weight is 233 g/mol. The first-order valence-electron chi connectivity index (χ1n) is 6.03. The van der Waals surface area contributed by atoms with Gasteiger partial charge in [0, 0.05) is 11.7 Å². The number of aromatic carboxylic acids is 1. The van der Waals surface area contributed by atoms with Crippen LogP contribution in [0.2, 0.25) is 0 Å². The van der Waals surface area contributed by atoms with Crippen LogP contribution in [0.3, 0.4) is 0 Å². The molecule has 3 nitrogen and oxygen atoms in total. The molecule has 0 saturated heterocycles. The first-order valence-corrected chi connectivity index (χ1v) is 6.03. The molecule has 92 valence electrons. The second kappa shape index (κ2) is 4.06. The molecule has 17 heavy (non-hydrogen) atoms. The van der Waals surface area contributed by atoms with Gasteiger partial charge in [0.15, 0.2) is 0 Å². The van der Waals surface area contributed by atoms with Crippen molar-refractivity contribution in [1.29, 1.82) is 0 Å². The molecule has 1 unspecified atom stereocenters. The van der Waals surface area contributed by atoms with Crippen LogP contribution in [0.4, 0.5) is 5.69 Å². The summed E-state index contributed by atoms with van der Waals surface area (Å²) in [5.41, 5.74) is 2.74. The van der Waals surface area contributed by atoms with E-state index in [1.807, 2.05) is 13.0 Å². The van der Waals surface area contributed by atoms with Crippen LogP contribution in [0, 0.1) is 12.3 Å². The maximum atomic E-state index is 10.9. The molecule has 3 heteroatoms. The van der Waals surface area contributed by atoms with E-state index in [1.165, 1.54) is 12.8 Å². The quantitative estimate of drug-likeness (QED) is 0.839. The minimum Gasteiger partial charge on any atom is -0.478 e. The lowest BCUT2D eigenvalue weighted by atomic mass is 9.99. The fourth-order valence-electron chi connectivity index (χ4n) is 1.95. The number of carbonyl (C=O) groups is 1. The Hall–Kier alpha value is -1.51. The first kappa shape index (κ1) is 12.0. The molecule has 1 aliphatic rings. The van der Waals surface area contributed by atoms with Gasteiger partial charge in [0.25, 0.3) is 0 Å². The van der Waals surface area contributed by atoms with Gasteiger partial charge in [0.2, 0.25) is 0 Å². The zero-order chi connectivity index (χ0) is 12.6. The summed E-state index contributed by atoms with van der Waals surface area (Å²) in [4.78, 5) is 10.9. The summed E-state index contributed by atoms with van der Waals surface area (Å²) >= 11 is 0. The lowest BCUT2D eigenvalue weighted by molar-refractivity contribution is 0.0697. The summed E-state index contributed by atoms with van der Waals surface area (Å²) in [6.07, 6.45) is 2.50. The van der Waals surface area contributed by atoms with E-state index in [2.05, 4.69) is 19.2 Å². The molecule has 0 heterocycles. The van der Waals surface area contributed by atoms with E-state index in [0.29, 0.717) is 17.0 Å². The lowest BCUT2D eigenvalue weighted by Crippen LogP contribution is -2.25. The molecule has 1 atom stereocenters. The summed E-state index contributed by atoms with van der Waals surface area (Å²) < 4.78 is 0. The SMILES string of the molecule is Cc1ccc(C(=O)O)cc1NC(C)C1(C)CC1. The van der Waals surface area contributed by atoms with Crippen LogP contribution >= 0.6 is 0 Å². The van der Waals surface area contributed by atoms with Gasteiger partial charge < -0.3 is 10.4 Å². The van der Waals surface area contributed by atoms with Gasteiger partial charge in [0.05, 0.1) is 5.56 Å². The molecular formula is C14H19NO2. The summed E-state index contributed by atoms with van der Waals surface area (Å²) in [6, 6.07) is 5.60. The van der Waals surface area contributed by atoms with Gasteiger partial charge in [-0.3, -0.25) is 0 Å². The third-order valence-corrected chi connectivity index (χ3v) is 3.94. The number of carboxylic acid groups (broad SMARTS) is 1. The fourth-order valence-corrected chi connectivity index (χ4v) is 1.95. The highest BCUT2D eigenvalue weighted by atomic mass is 16.4. The summed E-state index contributed by atoms with van der Waals surface area (Å²) in [5, 5.41) is 12.4. The molecule has 0 radical (unpaired) electrons. The van der Waals surface area contributed by atoms with Crippen molar-refractivity contribution in [2.75, 3.05) is 5.32 Å². The van der Waals surface area contributed by atoms with Gasteiger partial charge in [-0.2, -0.15) is 0 Å². The van der Waals surface area contributed by atoms with Gasteiger partial charge in [0.1, 0.15) is 0 Å². The molecule has 0 spiro atoms. The smallest absolute Gasteiger partial charge is 0.335 e. The molecule has 0 aromatic heterocycles. The van der Waals surface area contributed by atoms with Crippen molar-refractivity contribution in [3.63, 3.8) is 0 Å². The van der Waals surface area contributed by atoms with Gasteiger partial charge >= 0.3 is 5.97 Å². The molecule has 1 saturated carbocycles. The van der Waals surface area contributed by atoms with Crippen molar-refractivity contribution in [2.45, 2.75) is 39.7 Å². The van der Waals surface area contributed by atoms with E-state index in [1.54, 1.807) is 12.1 Å². The number of nitrogens with one attached hydrogen (secondary N) is 1. The molecule has 0 bridgehead atoms. The van der Waals surface area contributed by atoms with Crippen LogP contribution in [-0.4, -0.2) is 17.1 Å². The Balaban J connectivity index is 2.19. The monoisotopic (exact) mass is 233 g/mol. The van der Waals surface area contributed by atoms with Gasteiger partial charge in [-0.15, -0.1) is 0 Å². The fraction of sp³-hybridized carbons (Fsp3) is 0.500. The highest BCUT2D eigenvalue weighted by Gasteiger charge is 2.42. The third kappa shape index (κ3) is 2.43. The first-order chi connectivity index (χ1) is 7.92. The number of aryl methyl sites for hydroxylation is 1. The molecule has 1 aliphatic carbocycles. The van der Waals surface area contributed by atoms with Crippen molar-refractivity contribution >= 4 is 11.7 Å². The van der Waals surface area contributed by atoms with Crippen LogP contribution in [0.1, 0.15) is 42.6 Å². The van der Waals surface area contributed by atoms with Gasteiger partial charge in [-0.25, -0.2) is 4.79 Å². The van der Waals surface area contributed by atoms with Crippen LogP contribution in [-0.2, 0) is 0 Å². The molecule has 0 amide bonds. The summed E-state index contributed by atoms with van der Waals surface area (Å²) in [5.74, 6) is -0.877. The molecular weight excluding hydrogens is 214 g/mol. The summed E-state index contributed by atoms with van der Waals surface area (Å²) in [6.45, 7) is 6.43. The maximum absolute atomic E-state index is 10.9. The van der Waals surface area contributed by atoms with E-state index in [-0.39, 0.29) is 0 Å². The summed E-state index contributed by atoms with van der Waals surface area (Å²) in [7, 11) is 0. The second-order valence-corrected chi connectivity index (χ2v) is 5.35. The topological polar surface area (TPSA) is 49.3 Å². The van der Waals surface area contributed by atoms with Crippen molar-refractivity contribution in [1.82, 2.24) is 0 Å². The van der Waals surface area contributed by atoms with E-state index < -0.39 is 5.97 Å². The van der Waals surface area contributed by atoms with Crippen LogP contribution < -0.4 is 5.32 Å². The largest absolute Gasteiger partial charge is 0.478 e. The number of anilines is 1. The van der Waals surface area contributed by atoms with Crippen LogP contribution in [0.25, 0.3) is 0 Å².